The number of anilines is 2. The van der Waals surface area contributed by atoms with E-state index in [1.165, 1.54) is 6.07 Å². The molecule has 1 aromatic rings. The predicted octanol–water partition coefficient (Wildman–Crippen LogP) is 2.28. The standard InChI is InChI=1S/C12H12F2N2O/c13-7-5-9(14)12-10(6-7)16(8-1-2-8)4-3-11(17)15-12/h5-6,8H,1-4H2,(H,15,17). The van der Waals surface area contributed by atoms with E-state index in [1.54, 1.807) is 0 Å². The number of nitrogens with one attached hydrogen (secondary N) is 1. The van der Waals surface area contributed by atoms with E-state index < -0.39 is 11.6 Å². The number of carbonyl (C=O) groups is 1. The molecule has 0 spiro atoms. The van der Waals surface area contributed by atoms with Gasteiger partial charge in [-0.3, -0.25) is 4.79 Å². The molecule has 5 heteroatoms. The van der Waals surface area contributed by atoms with Gasteiger partial charge >= 0.3 is 0 Å². The molecular formula is C12H12F2N2O. The van der Waals surface area contributed by atoms with Crippen LogP contribution in [0.4, 0.5) is 20.2 Å². The van der Waals surface area contributed by atoms with Gasteiger partial charge in [-0.2, -0.15) is 0 Å². The second-order valence-corrected chi connectivity index (χ2v) is 4.50. The van der Waals surface area contributed by atoms with Crippen LogP contribution in [0.25, 0.3) is 0 Å². The lowest BCUT2D eigenvalue weighted by Gasteiger charge is -2.23. The first-order chi connectivity index (χ1) is 8.15. The summed E-state index contributed by atoms with van der Waals surface area (Å²) < 4.78 is 26.9. The third-order valence-electron chi connectivity index (χ3n) is 3.18. The van der Waals surface area contributed by atoms with E-state index in [9.17, 15) is 13.6 Å². The Hall–Kier alpha value is -1.65. The second-order valence-electron chi connectivity index (χ2n) is 4.50. The topological polar surface area (TPSA) is 32.3 Å². The monoisotopic (exact) mass is 238 g/mol. The summed E-state index contributed by atoms with van der Waals surface area (Å²) in [6.07, 6.45) is 2.35. The lowest BCUT2D eigenvalue weighted by Crippen LogP contribution is -2.26. The van der Waals surface area contributed by atoms with Crippen molar-refractivity contribution >= 4 is 17.3 Å². The average molecular weight is 238 g/mol. The van der Waals surface area contributed by atoms with Gasteiger partial charge in [-0.05, 0) is 18.9 Å². The Bertz CT molecular complexity index is 486. The summed E-state index contributed by atoms with van der Waals surface area (Å²) in [7, 11) is 0. The number of fused-ring (bicyclic) bond motifs is 1. The van der Waals surface area contributed by atoms with Gasteiger partial charge in [0, 0.05) is 25.1 Å². The largest absolute Gasteiger partial charge is 0.366 e. The summed E-state index contributed by atoms with van der Waals surface area (Å²) in [5, 5.41) is 2.51. The van der Waals surface area contributed by atoms with Gasteiger partial charge in [-0.15, -0.1) is 0 Å². The van der Waals surface area contributed by atoms with Crippen LogP contribution in [-0.2, 0) is 4.79 Å². The fraction of sp³-hybridized carbons (Fsp3) is 0.417. The third-order valence-corrected chi connectivity index (χ3v) is 3.18. The van der Waals surface area contributed by atoms with Gasteiger partial charge in [0.15, 0.2) is 5.82 Å². The summed E-state index contributed by atoms with van der Waals surface area (Å²) in [4.78, 5) is 13.4. The Morgan fingerprint density at radius 1 is 1.29 bits per heavy atom. The van der Waals surface area contributed by atoms with Crippen molar-refractivity contribution in [1.29, 1.82) is 0 Å². The summed E-state index contributed by atoms with van der Waals surface area (Å²) in [6, 6.07) is 2.42. The van der Waals surface area contributed by atoms with E-state index >= 15 is 0 Å². The second kappa shape index (κ2) is 3.68. The first kappa shape index (κ1) is 10.5. The molecule has 0 aromatic heterocycles. The molecule has 1 saturated carbocycles. The smallest absolute Gasteiger partial charge is 0.226 e. The Labute approximate surface area is 97.4 Å². The Balaban J connectivity index is 2.11. The van der Waals surface area contributed by atoms with Gasteiger partial charge in [-0.1, -0.05) is 0 Å². The molecule has 1 amide bonds. The van der Waals surface area contributed by atoms with Crippen LogP contribution in [0, 0.1) is 11.6 Å². The highest BCUT2D eigenvalue weighted by atomic mass is 19.1. The van der Waals surface area contributed by atoms with Crippen molar-refractivity contribution in [1.82, 2.24) is 0 Å². The molecule has 17 heavy (non-hydrogen) atoms. The van der Waals surface area contributed by atoms with Gasteiger partial charge in [-0.25, -0.2) is 8.78 Å². The van der Waals surface area contributed by atoms with Gasteiger partial charge in [0.1, 0.15) is 11.5 Å². The van der Waals surface area contributed by atoms with Crippen LogP contribution in [-0.4, -0.2) is 18.5 Å². The quantitative estimate of drug-likeness (QED) is 0.814. The molecule has 2 aliphatic rings. The van der Waals surface area contributed by atoms with Gasteiger partial charge < -0.3 is 10.2 Å². The molecule has 0 unspecified atom stereocenters. The van der Waals surface area contributed by atoms with Crippen molar-refractivity contribution in [2.45, 2.75) is 25.3 Å². The zero-order valence-corrected chi connectivity index (χ0v) is 9.17. The van der Waals surface area contributed by atoms with E-state index in [1.807, 2.05) is 4.90 Å². The Morgan fingerprint density at radius 3 is 2.76 bits per heavy atom. The lowest BCUT2D eigenvalue weighted by atomic mass is 10.2. The number of hydrogen-bond acceptors (Lipinski definition) is 2. The van der Waals surface area contributed by atoms with Crippen molar-refractivity contribution in [2.75, 3.05) is 16.8 Å². The molecule has 1 N–H and O–H groups in total. The average Bonchev–Trinajstić information content (AvgIpc) is 3.05. The van der Waals surface area contributed by atoms with Gasteiger partial charge in [0.2, 0.25) is 5.91 Å². The summed E-state index contributed by atoms with van der Waals surface area (Å²) in [5.74, 6) is -1.54. The molecule has 1 heterocycles. The molecule has 1 aliphatic heterocycles. The number of halogens is 2. The highest BCUT2D eigenvalue weighted by molar-refractivity contribution is 5.96. The van der Waals surface area contributed by atoms with Crippen LogP contribution in [0.3, 0.4) is 0 Å². The van der Waals surface area contributed by atoms with Crippen LogP contribution in [0.15, 0.2) is 12.1 Å². The summed E-state index contributed by atoms with van der Waals surface area (Å²) in [5.41, 5.74) is 0.580. The van der Waals surface area contributed by atoms with Crippen LogP contribution < -0.4 is 10.2 Å². The van der Waals surface area contributed by atoms with Crippen molar-refractivity contribution in [3.63, 3.8) is 0 Å². The molecule has 0 saturated heterocycles. The number of hydrogen-bond donors (Lipinski definition) is 1. The fourth-order valence-corrected chi connectivity index (χ4v) is 2.22. The first-order valence-corrected chi connectivity index (χ1v) is 5.70. The Kier molecular flexibility index (Phi) is 2.28. The van der Waals surface area contributed by atoms with E-state index in [4.69, 9.17) is 0 Å². The molecule has 1 aromatic carbocycles. The maximum absolute atomic E-state index is 13.7. The fourth-order valence-electron chi connectivity index (χ4n) is 2.22. The van der Waals surface area contributed by atoms with Crippen LogP contribution >= 0.6 is 0 Å². The van der Waals surface area contributed by atoms with E-state index in [-0.39, 0.29) is 11.6 Å². The lowest BCUT2D eigenvalue weighted by molar-refractivity contribution is -0.116. The SMILES string of the molecule is O=C1CCN(C2CC2)c2cc(F)cc(F)c2N1. The van der Waals surface area contributed by atoms with E-state index in [2.05, 4.69) is 5.32 Å². The molecule has 1 fully saturated rings. The zero-order valence-electron chi connectivity index (χ0n) is 9.17. The maximum Gasteiger partial charge on any atom is 0.226 e. The molecule has 0 atom stereocenters. The number of benzene rings is 1. The number of carbonyl (C=O) groups excluding carboxylic acids is 1. The van der Waals surface area contributed by atoms with Gasteiger partial charge in [0.25, 0.3) is 0 Å². The predicted molar refractivity (Wildman–Crippen MR) is 60.0 cm³/mol. The van der Waals surface area contributed by atoms with E-state index in [0.29, 0.717) is 24.7 Å². The minimum absolute atomic E-state index is 0.112. The summed E-state index contributed by atoms with van der Waals surface area (Å²) in [6.45, 7) is 0.520. The van der Waals surface area contributed by atoms with Crippen LogP contribution in [0.5, 0.6) is 0 Å². The minimum atomic E-state index is -0.707. The van der Waals surface area contributed by atoms with Gasteiger partial charge in [0.05, 0.1) is 5.69 Å². The molecule has 90 valence electrons. The van der Waals surface area contributed by atoms with E-state index in [0.717, 1.165) is 18.9 Å². The molecule has 1 aliphatic carbocycles. The van der Waals surface area contributed by atoms with Crippen molar-refractivity contribution in [2.24, 2.45) is 0 Å². The minimum Gasteiger partial charge on any atom is -0.366 e. The molecule has 0 radical (unpaired) electrons. The van der Waals surface area contributed by atoms with Crippen LogP contribution in [0.1, 0.15) is 19.3 Å². The number of rotatable bonds is 1. The molecule has 3 rings (SSSR count). The maximum atomic E-state index is 13.7. The highest BCUT2D eigenvalue weighted by Crippen LogP contribution is 2.39. The third kappa shape index (κ3) is 1.85. The summed E-state index contributed by atoms with van der Waals surface area (Å²) >= 11 is 0. The number of amides is 1. The molecule has 0 bridgehead atoms. The molecule has 3 nitrogen and oxygen atoms in total. The first-order valence-electron chi connectivity index (χ1n) is 5.70. The van der Waals surface area contributed by atoms with Crippen LogP contribution in [0.2, 0.25) is 0 Å². The normalized spacial score (nSPS) is 19.6. The Morgan fingerprint density at radius 2 is 2.06 bits per heavy atom. The van der Waals surface area contributed by atoms with Crippen molar-refractivity contribution in [3.8, 4) is 0 Å². The number of nitrogens with zero attached hydrogens (tertiary/aromatic N) is 1. The van der Waals surface area contributed by atoms with Crippen molar-refractivity contribution in [3.05, 3.63) is 23.8 Å². The highest BCUT2D eigenvalue weighted by Gasteiger charge is 2.33. The van der Waals surface area contributed by atoms with Crippen molar-refractivity contribution < 1.29 is 13.6 Å². The zero-order chi connectivity index (χ0) is 12.0. The molecular weight excluding hydrogens is 226 g/mol.